The maximum atomic E-state index is 12.5. The zero-order chi connectivity index (χ0) is 37.0. The molecule has 4 amide bonds. The topological polar surface area (TPSA) is 261 Å². The molecule has 54 heavy (non-hydrogen) atoms. The molecule has 18 heteroatoms. The summed E-state index contributed by atoms with van der Waals surface area (Å²) in [6, 6.07) is 13.2. The Morgan fingerprint density at radius 2 is 0.981 bits per heavy atom. The molecule has 5 rings (SSSR count). The number of amides is 4. The molecule has 2 aromatic carbocycles. The van der Waals surface area contributed by atoms with E-state index in [-0.39, 0.29) is 72.0 Å². The van der Waals surface area contributed by atoms with Crippen LogP contribution in [0.15, 0.2) is 57.4 Å². The summed E-state index contributed by atoms with van der Waals surface area (Å²) in [6.07, 6.45) is 3.54. The normalized spacial score (nSPS) is 15.3. The number of alkyl carbamates (subject to hydrolysis) is 2. The Balaban J connectivity index is 0.00000392. The molecule has 10 N–H and O–H groups in total. The second-order valence-electron chi connectivity index (χ2n) is 12.5. The average Bonchev–Trinajstić information content (AvgIpc) is 3.74. The van der Waals surface area contributed by atoms with Gasteiger partial charge in [0, 0.05) is 48.1 Å². The Hall–Kier alpha value is -5.48. The zero-order valence-corrected chi connectivity index (χ0v) is 31.1. The Labute approximate surface area is 323 Å². The van der Waals surface area contributed by atoms with E-state index in [2.05, 4.69) is 21.3 Å². The van der Waals surface area contributed by atoms with Gasteiger partial charge in [-0.15, -0.1) is 24.8 Å². The summed E-state index contributed by atoms with van der Waals surface area (Å²) in [5, 5.41) is 27.4. The fourth-order valence-corrected chi connectivity index (χ4v) is 5.84. The van der Waals surface area contributed by atoms with Gasteiger partial charge in [0.2, 0.25) is 0 Å². The summed E-state index contributed by atoms with van der Waals surface area (Å²) < 4.78 is 22.4. The molecule has 0 radical (unpaired) electrons. The standard InChI is InChI=1S/C36H44N8O8.2ClH/c37-31(38)21-9-11-27-23(17-21)19-29(51-27)33(45)41-13-3-15-43-35(47)49-25-5-1-6-26(8-2-7-25)50-36(48)44-16-4-14-42-34(46)30-20-24-18-22(32(39)40)10-12-28(24)52-30;;/h9-12,17-20,25-26H,1-8,13-16H2,(H3,37,38)(H3,39,40)(H,41,45)(H,42,46)(H,43,47)(H,44,48);2*1H. The number of furan rings is 2. The van der Waals surface area contributed by atoms with Crippen LogP contribution in [0.2, 0.25) is 0 Å². The van der Waals surface area contributed by atoms with Gasteiger partial charge in [-0.1, -0.05) is 0 Å². The number of carbonyl (C=O) groups is 4. The third-order valence-electron chi connectivity index (χ3n) is 8.57. The highest BCUT2D eigenvalue weighted by Crippen LogP contribution is 2.24. The smallest absolute Gasteiger partial charge is 0.407 e. The predicted octanol–water partition coefficient (Wildman–Crippen LogP) is 5.07. The van der Waals surface area contributed by atoms with Crippen LogP contribution in [0.4, 0.5) is 9.59 Å². The second-order valence-corrected chi connectivity index (χ2v) is 12.5. The number of rotatable bonds is 14. The van der Waals surface area contributed by atoms with Gasteiger partial charge in [0.15, 0.2) is 11.5 Å². The fourth-order valence-electron chi connectivity index (χ4n) is 5.84. The Morgan fingerprint density at radius 1 is 0.611 bits per heavy atom. The van der Waals surface area contributed by atoms with Crippen molar-refractivity contribution in [3.63, 3.8) is 0 Å². The molecule has 1 saturated carbocycles. The van der Waals surface area contributed by atoms with Crippen molar-refractivity contribution in [1.82, 2.24) is 21.3 Å². The monoisotopic (exact) mass is 788 g/mol. The van der Waals surface area contributed by atoms with E-state index in [0.717, 1.165) is 12.8 Å². The third kappa shape index (κ3) is 12.3. The summed E-state index contributed by atoms with van der Waals surface area (Å²) in [6.45, 7) is 1.27. The minimum Gasteiger partial charge on any atom is -0.451 e. The molecule has 16 nitrogen and oxygen atoms in total. The van der Waals surface area contributed by atoms with Crippen LogP contribution in [0.5, 0.6) is 0 Å². The van der Waals surface area contributed by atoms with Crippen LogP contribution in [0.25, 0.3) is 21.9 Å². The number of fused-ring (bicyclic) bond motifs is 2. The first kappa shape index (κ1) is 42.9. The first-order valence-electron chi connectivity index (χ1n) is 17.3. The van der Waals surface area contributed by atoms with Crippen LogP contribution >= 0.6 is 24.8 Å². The lowest BCUT2D eigenvalue weighted by Gasteiger charge is -2.25. The Kier molecular flexibility index (Phi) is 16.4. The number of hydrogen-bond acceptors (Lipinski definition) is 10. The number of carbonyl (C=O) groups excluding carboxylic acids is 4. The molecule has 0 spiro atoms. The van der Waals surface area contributed by atoms with Gasteiger partial charge < -0.3 is 51.0 Å². The Bertz CT molecular complexity index is 1800. The number of amidine groups is 2. The van der Waals surface area contributed by atoms with Crippen molar-refractivity contribution >= 4 is 82.4 Å². The maximum Gasteiger partial charge on any atom is 0.407 e. The van der Waals surface area contributed by atoms with Crippen molar-refractivity contribution in [1.29, 1.82) is 10.8 Å². The number of nitrogens with two attached hydrogens (primary N) is 2. The van der Waals surface area contributed by atoms with E-state index in [1.807, 2.05) is 0 Å². The first-order valence-corrected chi connectivity index (χ1v) is 17.3. The SMILES string of the molecule is Cl.Cl.N=C(N)c1ccc2oc(C(=O)NCCCNC(=O)OC3CCCC(OC(=O)NCCCNC(=O)c4cc5cc(C(=N)N)ccc5o4)CCC3)cc2c1. The predicted molar refractivity (Wildman–Crippen MR) is 207 cm³/mol. The van der Waals surface area contributed by atoms with Crippen LogP contribution < -0.4 is 32.7 Å². The quantitative estimate of drug-likeness (QED) is 0.0478. The van der Waals surface area contributed by atoms with Crippen molar-refractivity contribution in [2.45, 2.75) is 63.6 Å². The van der Waals surface area contributed by atoms with E-state index in [9.17, 15) is 19.2 Å². The van der Waals surface area contributed by atoms with E-state index in [0.29, 0.717) is 97.8 Å². The van der Waals surface area contributed by atoms with Gasteiger partial charge in [0.1, 0.15) is 35.0 Å². The van der Waals surface area contributed by atoms with Crippen LogP contribution in [0.1, 0.15) is 83.6 Å². The van der Waals surface area contributed by atoms with Crippen LogP contribution in [-0.2, 0) is 9.47 Å². The second kappa shape index (κ2) is 20.7. The lowest BCUT2D eigenvalue weighted by atomic mass is 9.96. The molecule has 2 aromatic heterocycles. The highest BCUT2D eigenvalue weighted by Gasteiger charge is 2.22. The van der Waals surface area contributed by atoms with E-state index in [1.54, 1.807) is 48.5 Å². The molecular weight excluding hydrogens is 743 g/mol. The molecule has 0 atom stereocenters. The van der Waals surface area contributed by atoms with Crippen molar-refractivity contribution in [2.24, 2.45) is 11.5 Å². The van der Waals surface area contributed by atoms with E-state index in [1.165, 1.54) is 0 Å². The largest absolute Gasteiger partial charge is 0.451 e. The van der Waals surface area contributed by atoms with Gasteiger partial charge in [-0.2, -0.15) is 0 Å². The number of nitrogens with one attached hydrogen (secondary N) is 6. The molecular formula is C36H46Cl2N8O8. The van der Waals surface area contributed by atoms with Gasteiger partial charge in [0.05, 0.1) is 0 Å². The van der Waals surface area contributed by atoms with Crippen molar-refractivity contribution in [2.75, 3.05) is 26.2 Å². The van der Waals surface area contributed by atoms with Gasteiger partial charge in [0.25, 0.3) is 11.8 Å². The van der Waals surface area contributed by atoms with Crippen LogP contribution in [0, 0.1) is 10.8 Å². The highest BCUT2D eigenvalue weighted by atomic mass is 35.5. The minimum atomic E-state index is -0.514. The van der Waals surface area contributed by atoms with Crippen molar-refractivity contribution in [3.8, 4) is 0 Å². The molecule has 0 aliphatic heterocycles. The molecule has 1 fully saturated rings. The number of benzene rings is 2. The molecule has 0 saturated heterocycles. The van der Waals surface area contributed by atoms with Crippen molar-refractivity contribution in [3.05, 3.63) is 71.2 Å². The summed E-state index contributed by atoms with van der Waals surface area (Å²) in [5.74, 6) is -0.615. The van der Waals surface area contributed by atoms with E-state index in [4.69, 9.17) is 40.6 Å². The molecule has 0 unspecified atom stereocenters. The van der Waals surface area contributed by atoms with Gasteiger partial charge in [-0.25, -0.2) is 9.59 Å². The number of halogens is 2. The lowest BCUT2D eigenvalue weighted by Crippen LogP contribution is -2.34. The third-order valence-corrected chi connectivity index (χ3v) is 8.57. The lowest BCUT2D eigenvalue weighted by molar-refractivity contribution is 0.0532. The summed E-state index contributed by atoms with van der Waals surface area (Å²) in [5.41, 5.74) is 13.2. The first-order chi connectivity index (χ1) is 25.0. The van der Waals surface area contributed by atoms with Crippen LogP contribution in [-0.4, -0.2) is 74.1 Å². The van der Waals surface area contributed by atoms with Gasteiger partial charge >= 0.3 is 12.2 Å². The summed E-state index contributed by atoms with van der Waals surface area (Å²) in [7, 11) is 0. The molecule has 292 valence electrons. The molecule has 1 aliphatic rings. The van der Waals surface area contributed by atoms with E-state index >= 15 is 0 Å². The van der Waals surface area contributed by atoms with Crippen LogP contribution in [0.3, 0.4) is 0 Å². The molecule has 0 bridgehead atoms. The average molecular weight is 790 g/mol. The summed E-state index contributed by atoms with van der Waals surface area (Å²) >= 11 is 0. The molecule has 4 aromatic rings. The highest BCUT2D eigenvalue weighted by molar-refractivity contribution is 6.02. The number of hydrogen-bond donors (Lipinski definition) is 8. The maximum absolute atomic E-state index is 12.5. The molecule has 1 aliphatic carbocycles. The Morgan fingerprint density at radius 3 is 1.35 bits per heavy atom. The van der Waals surface area contributed by atoms with Gasteiger partial charge in [-0.05, 0) is 99.9 Å². The molecule has 2 heterocycles. The fraction of sp³-hybridized carbons (Fsp3) is 0.389. The van der Waals surface area contributed by atoms with E-state index < -0.39 is 12.2 Å². The minimum absolute atomic E-state index is 0. The van der Waals surface area contributed by atoms with Crippen molar-refractivity contribution < 1.29 is 37.5 Å². The van der Waals surface area contributed by atoms with Gasteiger partial charge in [-0.3, -0.25) is 20.4 Å². The summed E-state index contributed by atoms with van der Waals surface area (Å²) in [4.78, 5) is 49.7. The zero-order valence-electron chi connectivity index (χ0n) is 29.5. The number of nitrogen functional groups attached to an aromatic ring is 2. The number of ether oxygens (including phenoxy) is 2.